The topological polar surface area (TPSA) is 49.4 Å². The SMILES string of the molecule is Cc1cccc(CCCNC(=O)c2ccc([C@@H]3SCC(=O)N3Cc3ccccc3)cc2)c1. The largest absolute Gasteiger partial charge is 0.352 e. The molecule has 0 spiro atoms. The third-order valence-corrected chi connectivity index (χ3v) is 6.89. The highest BCUT2D eigenvalue weighted by Crippen LogP contribution is 2.39. The standard InChI is InChI=1S/C27H28N2O2S/c1-20-7-5-10-21(17-20)11-6-16-28-26(31)23-12-14-24(15-13-23)27-29(25(30)19-32-27)18-22-8-3-2-4-9-22/h2-5,7-10,12-15,17,27H,6,11,16,18-19H2,1H3,(H,28,31)/t27-/m0/s1. The number of nitrogens with zero attached hydrogens (tertiary/aromatic N) is 1. The highest BCUT2D eigenvalue weighted by atomic mass is 32.2. The molecule has 0 unspecified atom stereocenters. The van der Waals surface area contributed by atoms with Gasteiger partial charge < -0.3 is 10.2 Å². The van der Waals surface area contributed by atoms with E-state index >= 15 is 0 Å². The zero-order valence-corrected chi connectivity index (χ0v) is 19.1. The Kier molecular flexibility index (Phi) is 7.28. The van der Waals surface area contributed by atoms with Gasteiger partial charge in [-0.3, -0.25) is 9.59 Å². The van der Waals surface area contributed by atoms with E-state index in [1.807, 2.05) is 59.5 Å². The third kappa shape index (κ3) is 5.60. The summed E-state index contributed by atoms with van der Waals surface area (Å²) in [5.41, 5.74) is 5.37. The van der Waals surface area contributed by atoms with Crippen LogP contribution in [-0.4, -0.2) is 29.0 Å². The fourth-order valence-corrected chi connectivity index (χ4v) is 5.13. The van der Waals surface area contributed by atoms with E-state index in [0.29, 0.717) is 24.4 Å². The number of hydrogen-bond acceptors (Lipinski definition) is 3. The summed E-state index contributed by atoms with van der Waals surface area (Å²) in [6, 6.07) is 26.2. The van der Waals surface area contributed by atoms with E-state index in [2.05, 4.69) is 36.5 Å². The maximum Gasteiger partial charge on any atom is 0.251 e. The second-order valence-corrected chi connectivity index (χ2v) is 9.21. The average Bonchev–Trinajstić information content (AvgIpc) is 3.17. The van der Waals surface area contributed by atoms with Gasteiger partial charge in [0.25, 0.3) is 5.91 Å². The van der Waals surface area contributed by atoms with Crippen molar-refractivity contribution in [2.24, 2.45) is 0 Å². The zero-order chi connectivity index (χ0) is 22.3. The Morgan fingerprint density at radius 1 is 1.00 bits per heavy atom. The summed E-state index contributed by atoms with van der Waals surface area (Å²) in [5.74, 6) is 0.581. The van der Waals surface area contributed by atoms with Gasteiger partial charge in [0.2, 0.25) is 5.91 Å². The first kappa shape index (κ1) is 22.2. The second kappa shape index (κ2) is 10.5. The second-order valence-electron chi connectivity index (χ2n) is 8.14. The molecule has 1 atom stereocenters. The maximum absolute atomic E-state index is 12.5. The van der Waals surface area contributed by atoms with Crippen molar-refractivity contribution in [3.63, 3.8) is 0 Å². The normalized spacial score (nSPS) is 15.7. The minimum absolute atomic E-state index is 0.0193. The van der Waals surface area contributed by atoms with Crippen LogP contribution in [0.4, 0.5) is 0 Å². The number of amides is 2. The molecule has 3 aromatic carbocycles. The van der Waals surface area contributed by atoms with Crippen LogP contribution in [0, 0.1) is 6.92 Å². The van der Waals surface area contributed by atoms with E-state index in [1.54, 1.807) is 11.8 Å². The monoisotopic (exact) mass is 444 g/mol. The summed E-state index contributed by atoms with van der Waals surface area (Å²) in [4.78, 5) is 26.9. The number of hydrogen-bond donors (Lipinski definition) is 1. The summed E-state index contributed by atoms with van der Waals surface area (Å²) in [7, 11) is 0. The first-order valence-electron chi connectivity index (χ1n) is 11.0. The van der Waals surface area contributed by atoms with Crippen LogP contribution in [0.3, 0.4) is 0 Å². The number of aryl methyl sites for hydroxylation is 2. The van der Waals surface area contributed by atoms with Gasteiger partial charge >= 0.3 is 0 Å². The molecule has 32 heavy (non-hydrogen) atoms. The van der Waals surface area contributed by atoms with Crippen LogP contribution in [0.5, 0.6) is 0 Å². The predicted octanol–water partition coefficient (Wildman–Crippen LogP) is 5.13. The minimum atomic E-state index is -0.0583. The lowest BCUT2D eigenvalue weighted by atomic mass is 10.1. The molecule has 1 aliphatic heterocycles. The van der Waals surface area contributed by atoms with Gasteiger partial charge in [-0.2, -0.15) is 0 Å². The smallest absolute Gasteiger partial charge is 0.251 e. The number of nitrogens with one attached hydrogen (secondary N) is 1. The van der Waals surface area contributed by atoms with E-state index in [4.69, 9.17) is 0 Å². The van der Waals surface area contributed by atoms with Crippen molar-refractivity contribution in [1.29, 1.82) is 0 Å². The maximum atomic E-state index is 12.5. The Morgan fingerprint density at radius 2 is 1.75 bits per heavy atom. The Bertz CT molecular complexity index is 1070. The molecule has 0 saturated carbocycles. The van der Waals surface area contributed by atoms with Crippen molar-refractivity contribution in [2.75, 3.05) is 12.3 Å². The first-order valence-corrected chi connectivity index (χ1v) is 12.0. The molecule has 4 nitrogen and oxygen atoms in total. The summed E-state index contributed by atoms with van der Waals surface area (Å²) in [6.45, 7) is 3.34. The van der Waals surface area contributed by atoms with Crippen molar-refractivity contribution in [3.05, 3.63) is 107 Å². The van der Waals surface area contributed by atoms with Crippen molar-refractivity contribution >= 4 is 23.6 Å². The lowest BCUT2D eigenvalue weighted by Gasteiger charge is -2.24. The van der Waals surface area contributed by atoms with E-state index in [9.17, 15) is 9.59 Å². The van der Waals surface area contributed by atoms with E-state index in [-0.39, 0.29) is 17.2 Å². The Hall–Kier alpha value is -3.05. The third-order valence-electron chi connectivity index (χ3n) is 5.63. The fourth-order valence-electron chi connectivity index (χ4n) is 3.94. The Balaban J connectivity index is 1.31. The summed E-state index contributed by atoms with van der Waals surface area (Å²) >= 11 is 1.64. The van der Waals surface area contributed by atoms with Crippen LogP contribution < -0.4 is 5.32 Å². The summed E-state index contributed by atoms with van der Waals surface area (Å²) < 4.78 is 0. The molecule has 0 aromatic heterocycles. The fraction of sp³-hybridized carbons (Fsp3) is 0.259. The van der Waals surface area contributed by atoms with Crippen molar-refractivity contribution in [2.45, 2.75) is 31.7 Å². The molecular weight excluding hydrogens is 416 g/mol. The van der Waals surface area contributed by atoms with E-state index < -0.39 is 0 Å². The number of carbonyl (C=O) groups is 2. The first-order chi connectivity index (χ1) is 15.6. The average molecular weight is 445 g/mol. The molecule has 0 bridgehead atoms. The van der Waals surface area contributed by atoms with Crippen molar-refractivity contribution in [3.8, 4) is 0 Å². The number of thioether (sulfide) groups is 1. The molecule has 0 aliphatic carbocycles. The van der Waals surface area contributed by atoms with Crippen LogP contribution in [0.2, 0.25) is 0 Å². The van der Waals surface area contributed by atoms with Crippen LogP contribution in [0.25, 0.3) is 0 Å². The highest BCUT2D eigenvalue weighted by Gasteiger charge is 2.32. The van der Waals surface area contributed by atoms with Crippen LogP contribution in [-0.2, 0) is 17.8 Å². The molecule has 164 valence electrons. The molecule has 1 fully saturated rings. The van der Waals surface area contributed by atoms with Gasteiger partial charge in [-0.05, 0) is 48.6 Å². The van der Waals surface area contributed by atoms with Crippen LogP contribution in [0.15, 0.2) is 78.9 Å². The summed E-state index contributed by atoms with van der Waals surface area (Å²) in [6.07, 6.45) is 1.85. The highest BCUT2D eigenvalue weighted by molar-refractivity contribution is 8.00. The molecule has 3 aromatic rings. The molecule has 5 heteroatoms. The number of rotatable bonds is 8. The summed E-state index contributed by atoms with van der Waals surface area (Å²) in [5, 5.41) is 2.99. The number of benzene rings is 3. The quantitative estimate of drug-likeness (QED) is 0.490. The van der Waals surface area contributed by atoms with Gasteiger partial charge in [0.1, 0.15) is 5.37 Å². The van der Waals surface area contributed by atoms with Crippen LogP contribution >= 0.6 is 11.8 Å². The van der Waals surface area contributed by atoms with Gasteiger partial charge in [-0.1, -0.05) is 72.3 Å². The van der Waals surface area contributed by atoms with E-state index in [0.717, 1.165) is 24.0 Å². The van der Waals surface area contributed by atoms with Gasteiger partial charge in [0.05, 0.1) is 5.75 Å². The lowest BCUT2D eigenvalue weighted by Crippen LogP contribution is -2.28. The van der Waals surface area contributed by atoms with Gasteiger partial charge in [0, 0.05) is 18.7 Å². The molecule has 2 amide bonds. The molecule has 1 saturated heterocycles. The van der Waals surface area contributed by atoms with Crippen molar-refractivity contribution < 1.29 is 9.59 Å². The molecule has 1 aliphatic rings. The van der Waals surface area contributed by atoms with Crippen molar-refractivity contribution in [1.82, 2.24) is 10.2 Å². The van der Waals surface area contributed by atoms with Gasteiger partial charge in [-0.25, -0.2) is 0 Å². The van der Waals surface area contributed by atoms with Gasteiger partial charge in [0.15, 0.2) is 0 Å². The molecule has 4 rings (SSSR count). The predicted molar refractivity (Wildman–Crippen MR) is 130 cm³/mol. The number of carbonyl (C=O) groups excluding carboxylic acids is 2. The lowest BCUT2D eigenvalue weighted by molar-refractivity contribution is -0.128. The molecule has 1 N–H and O–H groups in total. The van der Waals surface area contributed by atoms with Crippen LogP contribution in [0.1, 0.15) is 44.4 Å². The Labute approximate surface area is 194 Å². The molecule has 1 heterocycles. The Morgan fingerprint density at radius 3 is 2.50 bits per heavy atom. The molecular formula is C27H28N2O2S. The molecule has 0 radical (unpaired) electrons. The van der Waals surface area contributed by atoms with Gasteiger partial charge in [-0.15, -0.1) is 11.8 Å². The van der Waals surface area contributed by atoms with E-state index in [1.165, 1.54) is 11.1 Å². The minimum Gasteiger partial charge on any atom is -0.352 e. The zero-order valence-electron chi connectivity index (χ0n) is 18.3.